The molecule has 0 aliphatic carbocycles. The monoisotopic (exact) mass is 291 g/mol. The molecule has 0 saturated heterocycles. The Morgan fingerprint density at radius 3 is 2.75 bits per heavy atom. The van der Waals surface area contributed by atoms with E-state index < -0.39 is 0 Å². The lowest BCUT2D eigenvalue weighted by molar-refractivity contribution is 0.527. The first-order valence-corrected chi connectivity index (χ1v) is 7.88. The molecule has 0 aliphatic heterocycles. The van der Waals surface area contributed by atoms with Crippen LogP contribution in [0.3, 0.4) is 0 Å². The van der Waals surface area contributed by atoms with E-state index in [2.05, 4.69) is 29.1 Å². The van der Waals surface area contributed by atoms with E-state index in [1.807, 2.05) is 19.1 Å². The molecule has 0 saturated carbocycles. The van der Waals surface area contributed by atoms with Gasteiger partial charge < -0.3 is 9.73 Å². The van der Waals surface area contributed by atoms with Crippen molar-refractivity contribution in [2.75, 3.05) is 11.9 Å². The van der Waals surface area contributed by atoms with E-state index in [4.69, 9.17) is 4.42 Å². The fraction of sp³-hybridized carbons (Fsp3) is 0.467. The first kappa shape index (κ1) is 14.9. The maximum absolute atomic E-state index is 5.33. The highest BCUT2D eigenvalue weighted by Gasteiger charge is 2.09. The normalized spacial score (nSPS) is 10.8. The van der Waals surface area contributed by atoms with Crippen LogP contribution in [0, 0.1) is 6.92 Å². The van der Waals surface area contributed by atoms with E-state index in [0.29, 0.717) is 0 Å². The molecule has 0 unspecified atom stereocenters. The second-order valence-electron chi connectivity index (χ2n) is 4.63. The molecule has 2 aromatic heterocycles. The molecular weight excluding hydrogens is 270 g/mol. The van der Waals surface area contributed by atoms with Crippen molar-refractivity contribution in [3.63, 3.8) is 0 Å². The first-order valence-electron chi connectivity index (χ1n) is 7.06. The van der Waals surface area contributed by atoms with Gasteiger partial charge in [0.15, 0.2) is 0 Å². The molecule has 0 atom stereocenters. The van der Waals surface area contributed by atoms with Crippen LogP contribution in [0.1, 0.15) is 38.3 Å². The topological polar surface area (TPSA) is 51.0 Å². The van der Waals surface area contributed by atoms with Gasteiger partial charge in [0.05, 0.1) is 11.2 Å². The molecular formula is C15H21N3OS. The molecule has 2 rings (SSSR count). The third kappa shape index (κ3) is 4.00. The number of nitrogens with one attached hydrogen (secondary N) is 1. The van der Waals surface area contributed by atoms with Gasteiger partial charge in [-0.25, -0.2) is 9.97 Å². The van der Waals surface area contributed by atoms with Crippen molar-refractivity contribution >= 4 is 17.6 Å². The van der Waals surface area contributed by atoms with E-state index in [9.17, 15) is 0 Å². The Morgan fingerprint density at radius 1 is 1.25 bits per heavy atom. The van der Waals surface area contributed by atoms with Crippen LogP contribution in [-0.4, -0.2) is 16.5 Å². The molecule has 2 aromatic rings. The van der Waals surface area contributed by atoms with E-state index >= 15 is 0 Å². The number of hydrogen-bond donors (Lipinski definition) is 1. The molecule has 0 amide bonds. The van der Waals surface area contributed by atoms with Gasteiger partial charge in [0.2, 0.25) is 0 Å². The molecule has 0 bridgehead atoms. The minimum atomic E-state index is 0.900. The minimum absolute atomic E-state index is 0.900. The molecule has 1 N–H and O–H groups in total. The van der Waals surface area contributed by atoms with E-state index in [1.165, 1.54) is 0 Å². The number of hydrogen-bond acceptors (Lipinski definition) is 5. The van der Waals surface area contributed by atoms with Crippen LogP contribution in [0.5, 0.6) is 0 Å². The number of anilines is 1. The van der Waals surface area contributed by atoms with Crippen molar-refractivity contribution < 1.29 is 4.42 Å². The smallest absolute Gasteiger partial charge is 0.132 e. The van der Waals surface area contributed by atoms with Crippen molar-refractivity contribution in [2.45, 2.75) is 50.0 Å². The number of aromatic nitrogens is 2. The Kier molecular flexibility index (Phi) is 5.47. The lowest BCUT2D eigenvalue weighted by atomic mass is 10.3. The second-order valence-corrected chi connectivity index (χ2v) is 5.69. The summed E-state index contributed by atoms with van der Waals surface area (Å²) in [5.74, 6) is 2.74. The van der Waals surface area contributed by atoms with Crippen LogP contribution in [-0.2, 0) is 6.42 Å². The highest BCUT2D eigenvalue weighted by atomic mass is 32.2. The fourth-order valence-corrected chi connectivity index (χ4v) is 2.66. The predicted octanol–water partition coefficient (Wildman–Crippen LogP) is 4.30. The standard InChI is InChI=1S/C15H21N3OS/c1-4-6-13-17-14(16-8-5-2)10-15(18-13)20-12-7-9-19-11(12)3/h7,9-10H,4-6,8H2,1-3H3,(H,16,17,18). The highest BCUT2D eigenvalue weighted by molar-refractivity contribution is 7.99. The van der Waals surface area contributed by atoms with Crippen molar-refractivity contribution in [1.82, 2.24) is 9.97 Å². The quantitative estimate of drug-likeness (QED) is 0.771. The summed E-state index contributed by atoms with van der Waals surface area (Å²) in [6.45, 7) is 7.18. The Labute approximate surface area is 124 Å². The van der Waals surface area contributed by atoms with Crippen molar-refractivity contribution in [1.29, 1.82) is 0 Å². The first-order chi connectivity index (χ1) is 9.72. The maximum Gasteiger partial charge on any atom is 0.132 e. The number of nitrogens with zero attached hydrogens (tertiary/aromatic N) is 2. The molecule has 5 heteroatoms. The molecule has 2 heterocycles. The fourth-order valence-electron chi connectivity index (χ4n) is 1.80. The zero-order valence-electron chi connectivity index (χ0n) is 12.3. The van der Waals surface area contributed by atoms with Gasteiger partial charge in [0.25, 0.3) is 0 Å². The summed E-state index contributed by atoms with van der Waals surface area (Å²) < 4.78 is 5.33. The summed E-state index contributed by atoms with van der Waals surface area (Å²) in [6, 6.07) is 3.98. The summed E-state index contributed by atoms with van der Waals surface area (Å²) in [4.78, 5) is 10.3. The average molecular weight is 291 g/mol. The summed E-state index contributed by atoms with van der Waals surface area (Å²) >= 11 is 1.62. The van der Waals surface area contributed by atoms with Gasteiger partial charge in [-0.05, 0) is 25.8 Å². The van der Waals surface area contributed by atoms with Crippen LogP contribution >= 0.6 is 11.8 Å². The van der Waals surface area contributed by atoms with Crippen LogP contribution in [0.25, 0.3) is 0 Å². The van der Waals surface area contributed by atoms with E-state index in [0.717, 1.165) is 53.1 Å². The molecule has 108 valence electrons. The van der Waals surface area contributed by atoms with E-state index in [1.54, 1.807) is 18.0 Å². The molecule has 0 aliphatic rings. The summed E-state index contributed by atoms with van der Waals surface area (Å²) in [5.41, 5.74) is 0. The molecule has 4 nitrogen and oxygen atoms in total. The third-order valence-corrected chi connectivity index (χ3v) is 3.87. The second kappa shape index (κ2) is 7.33. The van der Waals surface area contributed by atoms with Gasteiger partial charge in [0.1, 0.15) is 22.4 Å². The maximum atomic E-state index is 5.33. The SMILES string of the molecule is CCCNc1cc(Sc2ccoc2C)nc(CCC)n1. The molecule has 0 spiro atoms. The molecule has 20 heavy (non-hydrogen) atoms. The Balaban J connectivity index is 2.21. The number of furan rings is 1. The predicted molar refractivity (Wildman–Crippen MR) is 82.4 cm³/mol. The van der Waals surface area contributed by atoms with Crippen LogP contribution in [0.2, 0.25) is 0 Å². The largest absolute Gasteiger partial charge is 0.468 e. The third-order valence-electron chi connectivity index (χ3n) is 2.80. The van der Waals surface area contributed by atoms with Crippen LogP contribution < -0.4 is 5.32 Å². The van der Waals surface area contributed by atoms with Gasteiger partial charge in [-0.3, -0.25) is 0 Å². The van der Waals surface area contributed by atoms with Gasteiger partial charge in [-0.1, -0.05) is 25.6 Å². The van der Waals surface area contributed by atoms with Gasteiger partial charge in [0, 0.05) is 19.0 Å². The van der Waals surface area contributed by atoms with Crippen molar-refractivity contribution in [2.24, 2.45) is 0 Å². The Morgan fingerprint density at radius 2 is 2.10 bits per heavy atom. The minimum Gasteiger partial charge on any atom is -0.468 e. The number of rotatable bonds is 7. The Bertz CT molecular complexity index is 554. The van der Waals surface area contributed by atoms with Crippen LogP contribution in [0.4, 0.5) is 5.82 Å². The van der Waals surface area contributed by atoms with Crippen molar-refractivity contribution in [3.8, 4) is 0 Å². The lowest BCUT2D eigenvalue weighted by Crippen LogP contribution is -2.05. The Hall–Kier alpha value is -1.49. The van der Waals surface area contributed by atoms with Gasteiger partial charge in [-0.2, -0.15) is 0 Å². The molecule has 0 radical (unpaired) electrons. The average Bonchev–Trinajstić information content (AvgIpc) is 2.82. The van der Waals surface area contributed by atoms with Gasteiger partial charge >= 0.3 is 0 Å². The summed E-state index contributed by atoms with van der Waals surface area (Å²) in [5, 5.41) is 4.30. The van der Waals surface area contributed by atoms with Gasteiger partial charge in [-0.15, -0.1) is 0 Å². The highest BCUT2D eigenvalue weighted by Crippen LogP contribution is 2.30. The summed E-state index contributed by atoms with van der Waals surface area (Å²) in [7, 11) is 0. The lowest BCUT2D eigenvalue weighted by Gasteiger charge is -2.08. The van der Waals surface area contributed by atoms with Crippen molar-refractivity contribution in [3.05, 3.63) is 30.0 Å². The zero-order valence-corrected chi connectivity index (χ0v) is 13.1. The van der Waals surface area contributed by atoms with Crippen LogP contribution in [0.15, 0.2) is 32.7 Å². The molecule has 0 aromatic carbocycles. The number of aryl methyl sites for hydroxylation is 2. The van der Waals surface area contributed by atoms with E-state index in [-0.39, 0.29) is 0 Å². The molecule has 0 fully saturated rings. The summed E-state index contributed by atoms with van der Waals surface area (Å²) in [6.07, 6.45) is 4.74. The zero-order chi connectivity index (χ0) is 14.4.